The number of amidine groups is 1. The predicted molar refractivity (Wildman–Crippen MR) is 65.4 cm³/mol. The van der Waals surface area contributed by atoms with E-state index in [1.165, 1.54) is 24.3 Å². The predicted octanol–water partition coefficient (Wildman–Crippen LogP) is 0.821. The number of hydrogen-bond donors (Lipinski definition) is 2. The highest BCUT2D eigenvalue weighted by Gasteiger charge is 2.12. The summed E-state index contributed by atoms with van der Waals surface area (Å²) in [6, 6.07) is 1.75. The summed E-state index contributed by atoms with van der Waals surface area (Å²) in [5, 5.41) is 13.0. The van der Waals surface area contributed by atoms with Crippen molar-refractivity contribution >= 4 is 17.6 Å². The van der Waals surface area contributed by atoms with Crippen molar-refractivity contribution in [2.24, 2.45) is 10.9 Å². The quantitative estimate of drug-likeness (QED) is 0.277. The lowest BCUT2D eigenvalue weighted by atomic mass is 10.3. The Kier molecular flexibility index (Phi) is 3.68. The molecule has 0 aliphatic heterocycles. The molecular weight excluding hydrogens is 252 g/mol. The molecule has 2 rings (SSSR count). The molecule has 0 atom stereocenters. The van der Waals surface area contributed by atoms with Crippen LogP contribution >= 0.6 is 11.8 Å². The first-order chi connectivity index (χ1) is 8.70. The van der Waals surface area contributed by atoms with E-state index in [1.807, 2.05) is 0 Å². The third-order valence-corrected chi connectivity index (χ3v) is 2.97. The minimum absolute atomic E-state index is 0.0356. The molecule has 0 aliphatic carbocycles. The molecule has 2 aromatic rings. The Labute approximate surface area is 107 Å². The second kappa shape index (κ2) is 5.41. The van der Waals surface area contributed by atoms with Crippen molar-refractivity contribution in [1.82, 2.24) is 19.9 Å². The second-order valence-corrected chi connectivity index (χ2v) is 4.28. The van der Waals surface area contributed by atoms with E-state index in [1.54, 1.807) is 19.2 Å². The number of nitrogens with two attached hydrogens (primary N) is 1. The molecular formula is C10H10N6OS. The highest BCUT2D eigenvalue weighted by molar-refractivity contribution is 7.99. The van der Waals surface area contributed by atoms with Crippen LogP contribution in [0.5, 0.6) is 0 Å². The van der Waals surface area contributed by atoms with Crippen molar-refractivity contribution in [3.63, 3.8) is 0 Å². The van der Waals surface area contributed by atoms with Gasteiger partial charge in [0.15, 0.2) is 5.84 Å². The fourth-order valence-corrected chi connectivity index (χ4v) is 2.07. The van der Waals surface area contributed by atoms with Crippen LogP contribution in [0, 0.1) is 6.92 Å². The molecule has 0 unspecified atom stereocenters. The van der Waals surface area contributed by atoms with E-state index in [9.17, 15) is 0 Å². The SMILES string of the molecule is Cc1ncc(/C(N)=N/O)c(Sc2ccncn2)n1. The van der Waals surface area contributed by atoms with Crippen LogP contribution in [-0.2, 0) is 0 Å². The minimum Gasteiger partial charge on any atom is -0.409 e. The summed E-state index contributed by atoms with van der Waals surface area (Å²) in [5.41, 5.74) is 6.04. The molecule has 0 amide bonds. The molecule has 0 spiro atoms. The summed E-state index contributed by atoms with van der Waals surface area (Å²) in [6.07, 6.45) is 4.59. The molecule has 18 heavy (non-hydrogen) atoms. The van der Waals surface area contributed by atoms with Crippen molar-refractivity contribution in [2.75, 3.05) is 0 Å². The van der Waals surface area contributed by atoms with E-state index in [4.69, 9.17) is 10.9 Å². The average molecular weight is 262 g/mol. The summed E-state index contributed by atoms with van der Waals surface area (Å²) in [4.78, 5) is 16.2. The van der Waals surface area contributed by atoms with Gasteiger partial charge in [0.05, 0.1) is 5.56 Å². The third kappa shape index (κ3) is 2.72. The van der Waals surface area contributed by atoms with E-state index in [0.717, 1.165) is 5.03 Å². The van der Waals surface area contributed by atoms with Crippen LogP contribution in [0.2, 0.25) is 0 Å². The standard InChI is InChI=1S/C10H10N6OS/c1-6-13-4-7(9(11)16-17)10(15-6)18-8-2-3-12-5-14-8/h2-5,17H,1H3,(H2,11,16). The fraction of sp³-hybridized carbons (Fsp3) is 0.100. The normalized spacial score (nSPS) is 11.5. The smallest absolute Gasteiger partial charge is 0.174 e. The third-order valence-electron chi connectivity index (χ3n) is 2.01. The number of oxime groups is 1. The Morgan fingerprint density at radius 2 is 2.28 bits per heavy atom. The summed E-state index contributed by atoms with van der Waals surface area (Å²) in [5.74, 6) is 0.563. The fourth-order valence-electron chi connectivity index (χ4n) is 1.19. The Morgan fingerprint density at radius 3 is 2.94 bits per heavy atom. The number of aromatic nitrogens is 4. The van der Waals surface area contributed by atoms with Gasteiger partial charge in [-0.15, -0.1) is 0 Å². The maximum absolute atomic E-state index is 8.72. The number of nitrogens with zero attached hydrogens (tertiary/aromatic N) is 5. The number of hydrogen-bond acceptors (Lipinski definition) is 7. The number of rotatable bonds is 3. The Morgan fingerprint density at radius 1 is 1.44 bits per heavy atom. The first-order valence-electron chi connectivity index (χ1n) is 4.96. The Bertz CT molecular complexity index is 574. The average Bonchev–Trinajstić information content (AvgIpc) is 2.39. The summed E-state index contributed by atoms with van der Waals surface area (Å²) >= 11 is 1.30. The van der Waals surface area contributed by atoms with E-state index in [0.29, 0.717) is 16.4 Å². The van der Waals surface area contributed by atoms with E-state index < -0.39 is 0 Å². The molecule has 0 bridgehead atoms. The largest absolute Gasteiger partial charge is 0.409 e. The van der Waals surface area contributed by atoms with Gasteiger partial charge in [-0.3, -0.25) is 0 Å². The monoisotopic (exact) mass is 262 g/mol. The molecule has 8 heteroatoms. The Hall–Kier alpha value is -2.22. The van der Waals surface area contributed by atoms with Gasteiger partial charge >= 0.3 is 0 Å². The maximum Gasteiger partial charge on any atom is 0.174 e. The van der Waals surface area contributed by atoms with E-state index in [2.05, 4.69) is 25.1 Å². The van der Waals surface area contributed by atoms with Gasteiger partial charge < -0.3 is 10.9 Å². The summed E-state index contributed by atoms with van der Waals surface area (Å²) < 4.78 is 0. The Balaban J connectivity index is 2.40. The van der Waals surface area contributed by atoms with Crippen LogP contribution in [-0.4, -0.2) is 31.0 Å². The molecule has 0 saturated heterocycles. The lowest BCUT2D eigenvalue weighted by molar-refractivity contribution is 0.318. The van der Waals surface area contributed by atoms with Crippen molar-refractivity contribution < 1.29 is 5.21 Å². The van der Waals surface area contributed by atoms with Crippen molar-refractivity contribution in [3.05, 3.63) is 36.2 Å². The van der Waals surface area contributed by atoms with Crippen LogP contribution in [0.4, 0.5) is 0 Å². The molecule has 3 N–H and O–H groups in total. The first kappa shape index (κ1) is 12.2. The van der Waals surface area contributed by atoms with Gasteiger partial charge in [-0.05, 0) is 24.8 Å². The van der Waals surface area contributed by atoms with Gasteiger partial charge in [-0.25, -0.2) is 19.9 Å². The van der Waals surface area contributed by atoms with Gasteiger partial charge in [0.1, 0.15) is 22.2 Å². The first-order valence-corrected chi connectivity index (χ1v) is 5.77. The van der Waals surface area contributed by atoms with Gasteiger partial charge in [-0.2, -0.15) is 0 Å². The number of aryl methyl sites for hydroxylation is 1. The van der Waals surface area contributed by atoms with Crippen LogP contribution < -0.4 is 5.73 Å². The van der Waals surface area contributed by atoms with Gasteiger partial charge in [0.25, 0.3) is 0 Å². The van der Waals surface area contributed by atoms with Crippen molar-refractivity contribution in [2.45, 2.75) is 17.0 Å². The molecule has 0 aromatic carbocycles. The lowest BCUT2D eigenvalue weighted by Gasteiger charge is -2.06. The van der Waals surface area contributed by atoms with Gasteiger partial charge in [0.2, 0.25) is 0 Å². The molecule has 0 radical (unpaired) electrons. The van der Waals surface area contributed by atoms with Gasteiger partial charge in [0, 0.05) is 12.4 Å². The maximum atomic E-state index is 8.72. The lowest BCUT2D eigenvalue weighted by Crippen LogP contribution is -2.16. The molecule has 0 aliphatic rings. The van der Waals surface area contributed by atoms with E-state index >= 15 is 0 Å². The highest BCUT2D eigenvalue weighted by atomic mass is 32.2. The van der Waals surface area contributed by atoms with E-state index in [-0.39, 0.29) is 5.84 Å². The second-order valence-electron chi connectivity index (χ2n) is 3.27. The summed E-state index contributed by atoms with van der Waals surface area (Å²) in [6.45, 7) is 1.76. The van der Waals surface area contributed by atoms with Crippen LogP contribution in [0.15, 0.2) is 40.0 Å². The van der Waals surface area contributed by atoms with Crippen LogP contribution in [0.25, 0.3) is 0 Å². The van der Waals surface area contributed by atoms with Crippen LogP contribution in [0.1, 0.15) is 11.4 Å². The van der Waals surface area contributed by atoms with Crippen molar-refractivity contribution in [3.8, 4) is 0 Å². The molecule has 92 valence electrons. The zero-order valence-corrected chi connectivity index (χ0v) is 10.3. The summed E-state index contributed by atoms with van der Waals surface area (Å²) in [7, 11) is 0. The van der Waals surface area contributed by atoms with Crippen molar-refractivity contribution in [1.29, 1.82) is 0 Å². The molecule has 0 saturated carbocycles. The zero-order valence-electron chi connectivity index (χ0n) is 9.48. The molecule has 0 fully saturated rings. The molecule has 7 nitrogen and oxygen atoms in total. The molecule has 2 heterocycles. The molecule has 2 aromatic heterocycles. The topological polar surface area (TPSA) is 110 Å². The van der Waals surface area contributed by atoms with Gasteiger partial charge in [-0.1, -0.05) is 5.16 Å². The highest BCUT2D eigenvalue weighted by Crippen LogP contribution is 2.26. The zero-order chi connectivity index (χ0) is 13.0. The van der Waals surface area contributed by atoms with Crippen LogP contribution in [0.3, 0.4) is 0 Å². The minimum atomic E-state index is -0.0356.